The maximum Gasteiger partial charge on any atom is 0.253 e. The summed E-state index contributed by atoms with van der Waals surface area (Å²) in [6, 6.07) is 7.26. The van der Waals surface area contributed by atoms with Crippen LogP contribution in [0.2, 0.25) is 0 Å². The first kappa shape index (κ1) is 31.2. The fraction of sp³-hybridized carbons (Fsp3) is 0.733. The molecule has 0 saturated heterocycles. The SMILES string of the molecule is CCCCCCCCCCCCCCCCCC(=O)Nc1ccccc1C(=O)NCCCN(C)C. The lowest BCUT2D eigenvalue weighted by Gasteiger charge is -2.13. The third-order valence-corrected chi connectivity index (χ3v) is 6.52. The predicted molar refractivity (Wildman–Crippen MR) is 150 cm³/mol. The van der Waals surface area contributed by atoms with Gasteiger partial charge in [0.05, 0.1) is 11.3 Å². The Morgan fingerprint density at radius 2 is 1.23 bits per heavy atom. The fourth-order valence-electron chi connectivity index (χ4n) is 4.35. The summed E-state index contributed by atoms with van der Waals surface area (Å²) in [5.41, 5.74) is 1.13. The van der Waals surface area contributed by atoms with Gasteiger partial charge in [0.2, 0.25) is 5.91 Å². The molecule has 200 valence electrons. The molecule has 0 saturated carbocycles. The smallest absolute Gasteiger partial charge is 0.253 e. The van der Waals surface area contributed by atoms with Crippen molar-refractivity contribution in [3.63, 3.8) is 0 Å². The van der Waals surface area contributed by atoms with Crippen molar-refractivity contribution in [2.24, 2.45) is 0 Å². The summed E-state index contributed by atoms with van der Waals surface area (Å²) < 4.78 is 0. The van der Waals surface area contributed by atoms with Crippen LogP contribution in [0.3, 0.4) is 0 Å². The molecule has 35 heavy (non-hydrogen) atoms. The van der Waals surface area contributed by atoms with E-state index in [1.165, 1.54) is 83.5 Å². The van der Waals surface area contributed by atoms with Crippen LogP contribution < -0.4 is 10.6 Å². The highest BCUT2D eigenvalue weighted by Gasteiger charge is 2.12. The molecule has 1 aromatic rings. The number of para-hydroxylation sites is 1. The van der Waals surface area contributed by atoms with Gasteiger partial charge in [-0.15, -0.1) is 0 Å². The van der Waals surface area contributed by atoms with Crippen molar-refractivity contribution >= 4 is 17.5 Å². The van der Waals surface area contributed by atoms with Crippen molar-refractivity contribution in [3.8, 4) is 0 Å². The molecule has 1 aromatic carbocycles. The summed E-state index contributed by atoms with van der Waals surface area (Å²) in [5, 5.41) is 5.89. The van der Waals surface area contributed by atoms with Crippen molar-refractivity contribution in [1.29, 1.82) is 0 Å². The van der Waals surface area contributed by atoms with Gasteiger partial charge in [0.25, 0.3) is 5.91 Å². The minimum atomic E-state index is -0.133. The first-order valence-electron chi connectivity index (χ1n) is 14.4. The molecule has 0 aliphatic heterocycles. The number of benzene rings is 1. The number of nitrogens with one attached hydrogen (secondary N) is 2. The van der Waals surface area contributed by atoms with E-state index in [1.54, 1.807) is 12.1 Å². The molecule has 0 unspecified atom stereocenters. The van der Waals surface area contributed by atoms with Gasteiger partial charge in [-0.05, 0) is 45.6 Å². The molecule has 0 aliphatic rings. The second kappa shape index (κ2) is 21.4. The Hall–Kier alpha value is -1.88. The van der Waals surface area contributed by atoms with E-state index < -0.39 is 0 Å². The number of carbonyl (C=O) groups excluding carboxylic acids is 2. The van der Waals surface area contributed by atoms with Crippen molar-refractivity contribution in [3.05, 3.63) is 29.8 Å². The maximum absolute atomic E-state index is 12.5. The Morgan fingerprint density at radius 1 is 0.714 bits per heavy atom. The second-order valence-corrected chi connectivity index (χ2v) is 10.2. The second-order valence-electron chi connectivity index (χ2n) is 10.2. The number of hydrogen-bond acceptors (Lipinski definition) is 3. The van der Waals surface area contributed by atoms with Gasteiger partial charge in [0, 0.05) is 13.0 Å². The van der Waals surface area contributed by atoms with Crippen molar-refractivity contribution < 1.29 is 9.59 Å². The molecule has 0 atom stereocenters. The van der Waals surface area contributed by atoms with E-state index in [2.05, 4.69) is 22.5 Å². The maximum atomic E-state index is 12.5. The van der Waals surface area contributed by atoms with Gasteiger partial charge in [-0.2, -0.15) is 0 Å². The standard InChI is InChI=1S/C30H53N3O2/c1-4-5-6-7-8-9-10-11-12-13-14-15-16-17-18-24-29(34)32-28-23-20-19-22-27(28)30(35)31-25-21-26-33(2)3/h19-20,22-23H,4-18,21,24-26H2,1-3H3,(H,31,35)(H,32,34). The predicted octanol–water partition coefficient (Wildman–Crippen LogP) is 7.57. The number of nitrogens with zero attached hydrogens (tertiary/aromatic N) is 1. The van der Waals surface area contributed by atoms with E-state index in [1.807, 2.05) is 26.2 Å². The minimum Gasteiger partial charge on any atom is -0.352 e. The number of hydrogen-bond donors (Lipinski definition) is 2. The lowest BCUT2D eigenvalue weighted by atomic mass is 10.0. The summed E-state index contributed by atoms with van der Waals surface area (Å²) in [6.45, 7) is 3.83. The summed E-state index contributed by atoms with van der Waals surface area (Å²) in [5.74, 6) is -0.140. The zero-order valence-electron chi connectivity index (χ0n) is 23.0. The van der Waals surface area contributed by atoms with E-state index in [4.69, 9.17) is 0 Å². The van der Waals surface area contributed by atoms with Gasteiger partial charge in [-0.1, -0.05) is 109 Å². The van der Waals surface area contributed by atoms with Crippen LogP contribution in [0.1, 0.15) is 126 Å². The van der Waals surface area contributed by atoms with Gasteiger partial charge in [0.1, 0.15) is 0 Å². The minimum absolute atomic E-state index is 0.00690. The Morgan fingerprint density at radius 3 is 1.77 bits per heavy atom. The normalized spacial score (nSPS) is 11.1. The van der Waals surface area contributed by atoms with Crippen LogP contribution in [0, 0.1) is 0 Å². The number of unbranched alkanes of at least 4 members (excludes halogenated alkanes) is 14. The average Bonchev–Trinajstić information content (AvgIpc) is 2.84. The van der Waals surface area contributed by atoms with Crippen molar-refractivity contribution in [2.45, 2.75) is 116 Å². The zero-order valence-corrected chi connectivity index (χ0v) is 23.0. The van der Waals surface area contributed by atoms with E-state index in [-0.39, 0.29) is 11.8 Å². The Bertz CT molecular complexity index is 675. The van der Waals surface area contributed by atoms with Crippen LogP contribution in [0.25, 0.3) is 0 Å². The molecule has 1 rings (SSSR count). The van der Waals surface area contributed by atoms with Gasteiger partial charge in [-0.25, -0.2) is 0 Å². The highest BCUT2D eigenvalue weighted by atomic mass is 16.2. The van der Waals surface area contributed by atoms with Crippen LogP contribution >= 0.6 is 0 Å². The first-order valence-corrected chi connectivity index (χ1v) is 14.4. The molecule has 2 N–H and O–H groups in total. The topological polar surface area (TPSA) is 61.4 Å². The number of amides is 2. The number of carbonyl (C=O) groups is 2. The molecule has 0 bridgehead atoms. The lowest BCUT2D eigenvalue weighted by molar-refractivity contribution is -0.116. The highest BCUT2D eigenvalue weighted by molar-refractivity contribution is 6.03. The van der Waals surface area contributed by atoms with Gasteiger partial charge in [-0.3, -0.25) is 9.59 Å². The summed E-state index contributed by atoms with van der Waals surface area (Å²) in [4.78, 5) is 27.0. The molecule has 5 nitrogen and oxygen atoms in total. The van der Waals surface area contributed by atoms with E-state index in [0.29, 0.717) is 24.2 Å². The summed E-state index contributed by atoms with van der Waals surface area (Å²) >= 11 is 0. The molecular formula is C30H53N3O2. The number of anilines is 1. The quantitative estimate of drug-likeness (QED) is 0.166. The third-order valence-electron chi connectivity index (χ3n) is 6.52. The molecule has 0 aromatic heterocycles. The molecule has 5 heteroatoms. The van der Waals surface area contributed by atoms with Crippen LogP contribution in [0.5, 0.6) is 0 Å². The summed E-state index contributed by atoms with van der Waals surface area (Å²) in [6.07, 6.45) is 21.1. The third kappa shape index (κ3) is 17.2. The summed E-state index contributed by atoms with van der Waals surface area (Å²) in [7, 11) is 4.04. The molecule has 0 aliphatic carbocycles. The Kier molecular flexibility index (Phi) is 19.1. The van der Waals surface area contributed by atoms with E-state index in [9.17, 15) is 9.59 Å². The lowest BCUT2D eigenvalue weighted by Crippen LogP contribution is -2.28. The van der Waals surface area contributed by atoms with E-state index >= 15 is 0 Å². The van der Waals surface area contributed by atoms with Crippen LogP contribution in [0.15, 0.2) is 24.3 Å². The Labute approximate surface area is 215 Å². The molecule has 0 spiro atoms. The Balaban J connectivity index is 2.07. The van der Waals surface area contributed by atoms with Crippen molar-refractivity contribution in [2.75, 3.05) is 32.5 Å². The molecular weight excluding hydrogens is 434 g/mol. The average molecular weight is 488 g/mol. The fourth-order valence-corrected chi connectivity index (χ4v) is 4.35. The van der Waals surface area contributed by atoms with E-state index in [0.717, 1.165) is 25.8 Å². The zero-order chi connectivity index (χ0) is 25.6. The molecule has 0 heterocycles. The van der Waals surface area contributed by atoms with Gasteiger partial charge in [0.15, 0.2) is 0 Å². The van der Waals surface area contributed by atoms with Gasteiger partial charge < -0.3 is 15.5 Å². The molecule has 0 fully saturated rings. The highest BCUT2D eigenvalue weighted by Crippen LogP contribution is 2.17. The number of rotatable bonds is 22. The monoisotopic (exact) mass is 487 g/mol. The molecule has 2 amide bonds. The van der Waals surface area contributed by atoms with Crippen LogP contribution in [-0.4, -0.2) is 43.9 Å². The van der Waals surface area contributed by atoms with Crippen LogP contribution in [0.4, 0.5) is 5.69 Å². The first-order chi connectivity index (χ1) is 17.0. The molecule has 0 radical (unpaired) electrons. The van der Waals surface area contributed by atoms with Crippen molar-refractivity contribution in [1.82, 2.24) is 10.2 Å². The van der Waals surface area contributed by atoms with Gasteiger partial charge >= 0.3 is 0 Å². The van der Waals surface area contributed by atoms with Crippen LogP contribution in [-0.2, 0) is 4.79 Å². The largest absolute Gasteiger partial charge is 0.352 e.